The third-order valence-corrected chi connectivity index (χ3v) is 7.25. The van der Waals surface area contributed by atoms with Gasteiger partial charge in [0.1, 0.15) is 12.6 Å². The van der Waals surface area contributed by atoms with Gasteiger partial charge in [-0.15, -0.1) is 0 Å². The van der Waals surface area contributed by atoms with Crippen molar-refractivity contribution in [3.8, 4) is 0 Å². The second-order valence-corrected chi connectivity index (χ2v) is 9.46. The highest BCUT2D eigenvalue weighted by Gasteiger charge is 2.35. The van der Waals surface area contributed by atoms with Gasteiger partial charge in [0.25, 0.3) is 5.56 Å². The first-order valence-corrected chi connectivity index (χ1v) is 12.3. The fourth-order valence-corrected chi connectivity index (χ4v) is 5.49. The molecule has 0 saturated heterocycles. The number of esters is 1. The first-order valence-electron chi connectivity index (χ1n) is 11.9. The maximum absolute atomic E-state index is 13.6. The van der Waals surface area contributed by atoms with Gasteiger partial charge in [0, 0.05) is 0 Å². The molecule has 5 rings (SSSR count). The van der Waals surface area contributed by atoms with E-state index in [1.165, 1.54) is 17.4 Å². The van der Waals surface area contributed by atoms with Gasteiger partial charge in [-0.1, -0.05) is 85.1 Å². The number of carbonyl (C=O) groups is 1. The average molecular weight is 478 g/mol. The number of carbonyl (C=O) groups excluding carboxylic acids is 1. The maximum atomic E-state index is 13.6. The van der Waals surface area contributed by atoms with E-state index in [2.05, 4.69) is 22.4 Å². The quantitative estimate of drug-likeness (QED) is 0.457. The van der Waals surface area contributed by atoms with Crippen LogP contribution in [0.3, 0.4) is 0 Å². The molecule has 0 amide bonds. The number of ether oxygens (including phenoxy) is 1. The molecule has 0 radical (unpaired) electrons. The van der Waals surface area contributed by atoms with E-state index in [-0.39, 0.29) is 29.2 Å². The minimum absolute atomic E-state index is 0.0384. The molecule has 1 N–H and O–H groups in total. The van der Waals surface area contributed by atoms with E-state index in [9.17, 15) is 9.59 Å². The minimum atomic E-state index is -0.700. The summed E-state index contributed by atoms with van der Waals surface area (Å²) < 4.78 is 7.04. The van der Waals surface area contributed by atoms with Gasteiger partial charge in [-0.05, 0) is 42.7 Å². The molecule has 0 unspecified atom stereocenters. The number of nitrogens with one attached hydrogen (secondary N) is 1. The standard InChI is InChI=1S/C27H28ClN3O3/c28-24-21-15-16-22(27(33)34-17-18-9-3-1-4-10-18)31(21)26(32)25(30-24)29-23(20-13-7-8-14-20)19-11-5-2-6-12-19/h1-6,9-12,20,22-23H,7-8,13-17H2,(H,29,30)/t22-,23-/m0/s1. The zero-order valence-electron chi connectivity index (χ0n) is 19.0. The van der Waals surface area contributed by atoms with Crippen LogP contribution in [-0.4, -0.2) is 15.5 Å². The summed E-state index contributed by atoms with van der Waals surface area (Å²) >= 11 is 6.52. The van der Waals surface area contributed by atoms with Crippen molar-refractivity contribution in [2.75, 3.05) is 5.32 Å². The average Bonchev–Trinajstić information content (AvgIpc) is 3.56. The molecular weight excluding hydrogens is 450 g/mol. The summed E-state index contributed by atoms with van der Waals surface area (Å²) in [6, 6.07) is 18.9. The fraction of sp³-hybridized carbons (Fsp3) is 0.370. The first kappa shape index (κ1) is 22.7. The van der Waals surface area contributed by atoms with Crippen LogP contribution in [0.5, 0.6) is 0 Å². The van der Waals surface area contributed by atoms with E-state index in [1.54, 1.807) is 0 Å². The first-order chi connectivity index (χ1) is 16.6. The monoisotopic (exact) mass is 477 g/mol. The highest BCUT2D eigenvalue weighted by atomic mass is 35.5. The van der Waals surface area contributed by atoms with Crippen molar-refractivity contribution < 1.29 is 9.53 Å². The van der Waals surface area contributed by atoms with Crippen LogP contribution in [-0.2, 0) is 22.6 Å². The topological polar surface area (TPSA) is 73.2 Å². The van der Waals surface area contributed by atoms with Gasteiger partial charge in [0.2, 0.25) is 0 Å². The Labute approximate surface area is 203 Å². The molecular formula is C27H28ClN3O3. The molecule has 1 aromatic heterocycles. The Balaban J connectivity index is 1.42. The second kappa shape index (κ2) is 10.0. The zero-order chi connectivity index (χ0) is 23.5. The Hall–Kier alpha value is -3.12. The van der Waals surface area contributed by atoms with E-state index >= 15 is 0 Å². The van der Waals surface area contributed by atoms with Gasteiger partial charge in [-0.2, -0.15) is 0 Å². The van der Waals surface area contributed by atoms with Crippen molar-refractivity contribution in [2.45, 2.75) is 57.2 Å². The number of halogens is 1. The van der Waals surface area contributed by atoms with Crippen molar-refractivity contribution >= 4 is 23.4 Å². The van der Waals surface area contributed by atoms with Crippen molar-refractivity contribution in [3.05, 3.63) is 93.0 Å². The Kier molecular flexibility index (Phi) is 6.68. The predicted molar refractivity (Wildman–Crippen MR) is 132 cm³/mol. The number of nitrogens with zero attached hydrogens (tertiary/aromatic N) is 2. The van der Waals surface area contributed by atoms with E-state index < -0.39 is 12.0 Å². The molecule has 2 heterocycles. The third-order valence-electron chi connectivity index (χ3n) is 6.94. The van der Waals surface area contributed by atoms with Gasteiger partial charge in [0.05, 0.1) is 11.7 Å². The molecule has 2 aromatic carbocycles. The summed E-state index contributed by atoms with van der Waals surface area (Å²) in [5.41, 5.74) is 2.29. The lowest BCUT2D eigenvalue weighted by molar-refractivity contribution is -0.148. The SMILES string of the molecule is O=C(OCc1ccccc1)[C@@H]1CCc2c(Cl)nc(N[C@@H](c3ccccc3)C3CCCC3)c(=O)n21. The summed E-state index contributed by atoms with van der Waals surface area (Å²) in [6.07, 6.45) is 5.54. The number of rotatable bonds is 7. The smallest absolute Gasteiger partial charge is 0.329 e. The minimum Gasteiger partial charge on any atom is -0.459 e. The summed E-state index contributed by atoms with van der Waals surface area (Å²) in [6.45, 7) is 0.169. The highest BCUT2D eigenvalue weighted by Crippen LogP contribution is 2.38. The molecule has 176 valence electrons. The van der Waals surface area contributed by atoms with Crippen molar-refractivity contribution in [1.29, 1.82) is 0 Å². The molecule has 0 bridgehead atoms. The summed E-state index contributed by atoms with van der Waals surface area (Å²) in [5.74, 6) is 0.179. The lowest BCUT2D eigenvalue weighted by Gasteiger charge is -2.26. The molecule has 1 fully saturated rings. The van der Waals surface area contributed by atoms with E-state index in [0.717, 1.165) is 24.0 Å². The van der Waals surface area contributed by atoms with Crippen LogP contribution in [0, 0.1) is 5.92 Å². The van der Waals surface area contributed by atoms with E-state index in [1.807, 2.05) is 48.5 Å². The molecule has 1 saturated carbocycles. The summed E-state index contributed by atoms with van der Waals surface area (Å²) in [4.78, 5) is 30.9. The third kappa shape index (κ3) is 4.60. The number of aromatic nitrogens is 2. The van der Waals surface area contributed by atoms with Crippen LogP contribution < -0.4 is 10.9 Å². The second-order valence-electron chi connectivity index (χ2n) is 9.10. The van der Waals surface area contributed by atoms with Crippen LogP contribution in [0.1, 0.15) is 61.0 Å². The van der Waals surface area contributed by atoms with Crippen molar-refractivity contribution in [2.24, 2.45) is 5.92 Å². The Bertz CT molecular complexity index is 1210. The van der Waals surface area contributed by atoms with Crippen molar-refractivity contribution in [3.63, 3.8) is 0 Å². The van der Waals surface area contributed by atoms with Crippen LogP contribution in [0.15, 0.2) is 65.5 Å². The maximum Gasteiger partial charge on any atom is 0.329 e. The van der Waals surface area contributed by atoms with E-state index in [0.29, 0.717) is 24.5 Å². The molecule has 2 aliphatic rings. The van der Waals surface area contributed by atoms with Gasteiger partial charge in [-0.25, -0.2) is 9.78 Å². The molecule has 34 heavy (non-hydrogen) atoms. The summed E-state index contributed by atoms with van der Waals surface area (Å²) in [7, 11) is 0. The lowest BCUT2D eigenvalue weighted by atomic mass is 9.91. The summed E-state index contributed by atoms with van der Waals surface area (Å²) in [5, 5.41) is 3.68. The Morgan fingerprint density at radius 3 is 2.44 bits per heavy atom. The van der Waals surface area contributed by atoms with Crippen LogP contribution in [0.2, 0.25) is 5.15 Å². The lowest BCUT2D eigenvalue weighted by Crippen LogP contribution is -2.33. The fourth-order valence-electron chi connectivity index (χ4n) is 5.22. The molecule has 2 atom stereocenters. The van der Waals surface area contributed by atoms with Crippen LogP contribution >= 0.6 is 11.6 Å². The van der Waals surface area contributed by atoms with Crippen LogP contribution in [0.4, 0.5) is 5.82 Å². The van der Waals surface area contributed by atoms with Crippen molar-refractivity contribution in [1.82, 2.24) is 9.55 Å². The molecule has 7 heteroatoms. The number of anilines is 1. The van der Waals surface area contributed by atoms with Gasteiger partial charge in [0.15, 0.2) is 11.0 Å². The molecule has 1 aliphatic heterocycles. The van der Waals surface area contributed by atoms with Gasteiger partial charge < -0.3 is 10.1 Å². The normalized spacial score (nSPS) is 18.4. The molecule has 1 aliphatic carbocycles. The van der Waals surface area contributed by atoms with E-state index in [4.69, 9.17) is 16.3 Å². The molecule has 0 spiro atoms. The largest absolute Gasteiger partial charge is 0.459 e. The zero-order valence-corrected chi connectivity index (χ0v) is 19.7. The molecule has 6 nitrogen and oxygen atoms in total. The number of hydrogen-bond acceptors (Lipinski definition) is 5. The number of hydrogen-bond donors (Lipinski definition) is 1. The number of fused-ring (bicyclic) bond motifs is 1. The Morgan fingerprint density at radius 1 is 1.06 bits per heavy atom. The molecule has 3 aromatic rings. The predicted octanol–water partition coefficient (Wildman–Crippen LogP) is 5.47. The van der Waals surface area contributed by atoms with Gasteiger partial charge >= 0.3 is 5.97 Å². The van der Waals surface area contributed by atoms with Gasteiger partial charge in [-0.3, -0.25) is 9.36 Å². The number of benzene rings is 2. The highest BCUT2D eigenvalue weighted by molar-refractivity contribution is 6.30. The van der Waals surface area contributed by atoms with Crippen LogP contribution in [0.25, 0.3) is 0 Å². The Morgan fingerprint density at radius 2 is 1.74 bits per heavy atom.